The number of fused-ring (bicyclic) bond motifs is 1. The summed E-state index contributed by atoms with van der Waals surface area (Å²) < 4.78 is 2.09. The zero-order valence-electron chi connectivity index (χ0n) is 13.1. The van der Waals surface area contributed by atoms with Crippen LogP contribution in [0.25, 0.3) is 4.96 Å². The Hall–Kier alpha value is -2.25. The summed E-state index contributed by atoms with van der Waals surface area (Å²) in [6.45, 7) is 6.06. The number of hydrogen-bond donors (Lipinski definition) is 2. The van der Waals surface area contributed by atoms with Crippen LogP contribution in [0.3, 0.4) is 0 Å². The number of para-hydroxylation sites is 1. The number of hydrogen-bond acceptors (Lipinski definition) is 4. The second-order valence-electron chi connectivity index (χ2n) is 5.22. The molecule has 0 saturated heterocycles. The molecule has 0 radical (unpaired) electrons. The van der Waals surface area contributed by atoms with Crippen LogP contribution in [0, 0.1) is 20.8 Å². The highest BCUT2D eigenvalue weighted by molar-refractivity contribution is 7.80. The van der Waals surface area contributed by atoms with Gasteiger partial charge in [0.2, 0.25) is 0 Å². The molecule has 2 N–H and O–H groups in total. The van der Waals surface area contributed by atoms with Crippen molar-refractivity contribution >= 4 is 45.5 Å². The summed E-state index contributed by atoms with van der Waals surface area (Å²) in [5.41, 5.74) is 8.01. The van der Waals surface area contributed by atoms with Gasteiger partial charge >= 0.3 is 0 Å². The minimum Gasteiger partial charge on any atom is -0.331 e. The molecule has 3 rings (SSSR count). The molecule has 118 valence electrons. The molecule has 5 nitrogen and oxygen atoms in total. The molecule has 2 aromatic heterocycles. The Balaban J connectivity index is 1.71. The number of thiazole rings is 1. The van der Waals surface area contributed by atoms with Gasteiger partial charge in [0.25, 0.3) is 0 Å². The van der Waals surface area contributed by atoms with Gasteiger partial charge in [-0.15, -0.1) is 11.3 Å². The van der Waals surface area contributed by atoms with E-state index in [9.17, 15) is 0 Å². The highest BCUT2D eigenvalue weighted by Gasteiger charge is 2.10. The number of thiocarbonyl (C=S) groups is 1. The zero-order valence-corrected chi connectivity index (χ0v) is 14.8. The second kappa shape index (κ2) is 6.47. The Bertz CT molecular complexity index is 891. The van der Waals surface area contributed by atoms with Crippen molar-refractivity contribution in [1.29, 1.82) is 0 Å². The van der Waals surface area contributed by atoms with Gasteiger partial charge in [-0.05, 0) is 44.6 Å². The van der Waals surface area contributed by atoms with Crippen LogP contribution in [-0.2, 0) is 0 Å². The van der Waals surface area contributed by atoms with Gasteiger partial charge < -0.3 is 5.32 Å². The maximum absolute atomic E-state index is 5.27. The lowest BCUT2D eigenvalue weighted by Gasteiger charge is -2.09. The maximum Gasteiger partial charge on any atom is 0.194 e. The molecule has 0 unspecified atom stereocenters. The third-order valence-electron chi connectivity index (χ3n) is 3.50. The van der Waals surface area contributed by atoms with Crippen LogP contribution in [0.5, 0.6) is 0 Å². The lowest BCUT2D eigenvalue weighted by molar-refractivity contribution is 1.04. The van der Waals surface area contributed by atoms with Gasteiger partial charge in [-0.1, -0.05) is 18.2 Å². The van der Waals surface area contributed by atoms with E-state index in [0.717, 1.165) is 33.3 Å². The number of benzene rings is 1. The molecule has 23 heavy (non-hydrogen) atoms. The van der Waals surface area contributed by atoms with Gasteiger partial charge in [0.05, 0.1) is 17.6 Å². The fourth-order valence-corrected chi connectivity index (χ4v) is 3.37. The molecule has 7 heteroatoms. The first-order valence-corrected chi connectivity index (χ1v) is 8.44. The molecule has 1 aromatic carbocycles. The van der Waals surface area contributed by atoms with E-state index in [1.165, 1.54) is 0 Å². The Morgan fingerprint density at radius 2 is 2.09 bits per heavy atom. The first-order valence-electron chi connectivity index (χ1n) is 7.15. The summed E-state index contributed by atoms with van der Waals surface area (Å²) in [5, 5.41) is 9.91. The lowest BCUT2D eigenvalue weighted by atomic mass is 10.2. The van der Waals surface area contributed by atoms with E-state index in [2.05, 4.69) is 37.5 Å². The van der Waals surface area contributed by atoms with Crippen molar-refractivity contribution < 1.29 is 0 Å². The molecule has 0 spiro atoms. The van der Waals surface area contributed by atoms with E-state index < -0.39 is 0 Å². The van der Waals surface area contributed by atoms with Gasteiger partial charge in [0.15, 0.2) is 10.1 Å². The van der Waals surface area contributed by atoms with Crippen LogP contribution in [0.2, 0.25) is 0 Å². The molecular formula is C16H17N5S2. The Labute approximate surface area is 144 Å². The minimum absolute atomic E-state index is 0.455. The Morgan fingerprint density at radius 1 is 1.30 bits per heavy atom. The molecule has 0 fully saturated rings. The molecule has 2 heterocycles. The maximum atomic E-state index is 5.27. The predicted molar refractivity (Wildman–Crippen MR) is 101 cm³/mol. The fourth-order valence-electron chi connectivity index (χ4n) is 2.29. The number of nitrogens with one attached hydrogen (secondary N) is 2. The molecule has 0 atom stereocenters. The van der Waals surface area contributed by atoms with Crippen LogP contribution in [0.4, 0.5) is 5.69 Å². The molecule has 0 aliphatic rings. The quantitative estimate of drug-likeness (QED) is 0.433. The number of aromatic nitrogens is 2. The van der Waals surface area contributed by atoms with Crippen molar-refractivity contribution in [2.45, 2.75) is 20.8 Å². The Morgan fingerprint density at radius 3 is 2.87 bits per heavy atom. The summed E-state index contributed by atoms with van der Waals surface area (Å²) in [6, 6.07) is 7.96. The van der Waals surface area contributed by atoms with Crippen LogP contribution < -0.4 is 10.7 Å². The zero-order chi connectivity index (χ0) is 16.4. The van der Waals surface area contributed by atoms with E-state index in [1.54, 1.807) is 17.6 Å². The second-order valence-corrected chi connectivity index (χ2v) is 6.46. The van der Waals surface area contributed by atoms with Crippen molar-refractivity contribution in [2.75, 3.05) is 5.32 Å². The summed E-state index contributed by atoms with van der Waals surface area (Å²) in [6.07, 6.45) is 1.75. The summed E-state index contributed by atoms with van der Waals surface area (Å²) in [4.78, 5) is 5.50. The predicted octanol–water partition coefficient (Wildman–Crippen LogP) is 3.64. The number of hydrazone groups is 1. The lowest BCUT2D eigenvalue weighted by Crippen LogP contribution is -2.24. The number of nitrogens with zero attached hydrogens (tertiary/aromatic N) is 3. The van der Waals surface area contributed by atoms with E-state index in [4.69, 9.17) is 12.2 Å². The van der Waals surface area contributed by atoms with Gasteiger partial charge in [-0.25, -0.2) is 4.98 Å². The first kappa shape index (κ1) is 15.6. The number of anilines is 1. The topological polar surface area (TPSA) is 53.7 Å². The summed E-state index contributed by atoms with van der Waals surface area (Å²) >= 11 is 6.90. The van der Waals surface area contributed by atoms with E-state index in [0.29, 0.717) is 5.11 Å². The van der Waals surface area contributed by atoms with E-state index >= 15 is 0 Å². The molecule has 0 bridgehead atoms. The van der Waals surface area contributed by atoms with E-state index in [1.807, 2.05) is 38.1 Å². The molecular weight excluding hydrogens is 326 g/mol. The van der Waals surface area contributed by atoms with Crippen molar-refractivity contribution in [2.24, 2.45) is 5.10 Å². The van der Waals surface area contributed by atoms with Crippen LogP contribution >= 0.6 is 23.6 Å². The standard InChI is InChI=1S/C16H17N5S2/c1-10-6-4-5-7-13(10)19-15(22)20-17-8-14-12(3)18-16-21(14)11(2)9-23-16/h4-9H,1-3H3,(H2,19,20,22)/b17-8-. The average molecular weight is 343 g/mol. The number of aryl methyl sites for hydroxylation is 3. The Kier molecular flexibility index (Phi) is 4.40. The van der Waals surface area contributed by atoms with Gasteiger partial charge in [0, 0.05) is 16.8 Å². The van der Waals surface area contributed by atoms with Crippen molar-refractivity contribution in [1.82, 2.24) is 14.8 Å². The van der Waals surface area contributed by atoms with Crippen molar-refractivity contribution in [3.63, 3.8) is 0 Å². The highest BCUT2D eigenvalue weighted by atomic mass is 32.1. The third-order valence-corrected chi connectivity index (χ3v) is 4.64. The normalized spacial score (nSPS) is 11.3. The number of rotatable bonds is 3. The van der Waals surface area contributed by atoms with Gasteiger partial charge in [-0.2, -0.15) is 5.10 Å². The largest absolute Gasteiger partial charge is 0.331 e. The van der Waals surface area contributed by atoms with E-state index in [-0.39, 0.29) is 0 Å². The SMILES string of the molecule is Cc1ccccc1NC(=S)N/N=C\c1c(C)nc2scc(C)n12. The molecule has 0 saturated carbocycles. The number of imidazole rings is 1. The van der Waals surface area contributed by atoms with Crippen molar-refractivity contribution in [3.8, 4) is 0 Å². The first-order chi connectivity index (χ1) is 11.1. The van der Waals surface area contributed by atoms with Gasteiger partial charge in [0.1, 0.15) is 0 Å². The summed E-state index contributed by atoms with van der Waals surface area (Å²) in [7, 11) is 0. The van der Waals surface area contributed by atoms with Crippen LogP contribution in [0.15, 0.2) is 34.7 Å². The highest BCUT2D eigenvalue weighted by Crippen LogP contribution is 2.19. The molecule has 0 amide bonds. The molecule has 0 aliphatic carbocycles. The van der Waals surface area contributed by atoms with Gasteiger partial charge in [-0.3, -0.25) is 9.83 Å². The minimum atomic E-state index is 0.455. The molecule has 3 aromatic rings. The monoisotopic (exact) mass is 343 g/mol. The molecule has 0 aliphatic heterocycles. The van der Waals surface area contributed by atoms with Crippen molar-refractivity contribution in [3.05, 3.63) is 52.3 Å². The van der Waals surface area contributed by atoms with Crippen LogP contribution in [0.1, 0.15) is 22.6 Å². The smallest absolute Gasteiger partial charge is 0.194 e. The summed E-state index contributed by atoms with van der Waals surface area (Å²) in [5.74, 6) is 0. The van der Waals surface area contributed by atoms with Crippen LogP contribution in [-0.4, -0.2) is 20.7 Å². The third kappa shape index (κ3) is 3.25. The average Bonchev–Trinajstić information content (AvgIpc) is 3.02. The fraction of sp³-hybridized carbons (Fsp3) is 0.188.